The van der Waals surface area contributed by atoms with Gasteiger partial charge in [-0.1, -0.05) is 41.5 Å². The maximum absolute atomic E-state index is 14.4. The van der Waals surface area contributed by atoms with Crippen molar-refractivity contribution in [3.8, 4) is 0 Å². The number of amides is 2. The predicted molar refractivity (Wildman–Crippen MR) is 198 cm³/mol. The van der Waals surface area contributed by atoms with Crippen LogP contribution in [0.25, 0.3) is 0 Å². The van der Waals surface area contributed by atoms with E-state index in [2.05, 4.69) is 5.32 Å². The van der Waals surface area contributed by atoms with Gasteiger partial charge >= 0.3 is 18.2 Å². The average Bonchev–Trinajstić information content (AvgIpc) is 3.39. The molecule has 0 spiro atoms. The van der Waals surface area contributed by atoms with Gasteiger partial charge in [-0.15, -0.1) is 0 Å². The molecule has 0 aromatic carbocycles. The quantitative estimate of drug-likeness (QED) is 0.213. The number of ether oxygens (including phenoxy) is 7. The van der Waals surface area contributed by atoms with Gasteiger partial charge in [0.15, 0.2) is 18.2 Å². The zero-order valence-electron chi connectivity index (χ0n) is 35.5. The van der Waals surface area contributed by atoms with Gasteiger partial charge in [0.25, 0.3) is 0 Å². The predicted octanol–water partition coefficient (Wildman–Crippen LogP) is 3.26. The Balaban J connectivity index is 0.00000841. The van der Waals surface area contributed by atoms with Crippen LogP contribution in [-0.2, 0) is 42.7 Å². The van der Waals surface area contributed by atoms with Gasteiger partial charge < -0.3 is 59.3 Å². The molecule has 0 bridgehead atoms. The number of ketones is 1. The van der Waals surface area contributed by atoms with Crippen molar-refractivity contribution in [1.29, 1.82) is 0 Å². The van der Waals surface area contributed by atoms with Crippen LogP contribution in [0, 0.1) is 73.1 Å². The second-order valence-corrected chi connectivity index (χ2v) is 17.8. The van der Waals surface area contributed by atoms with Crippen LogP contribution in [0.1, 0.15) is 102 Å². The summed E-state index contributed by atoms with van der Waals surface area (Å²) < 4.78 is 43.9. The second-order valence-electron chi connectivity index (χ2n) is 17.8. The number of likely N-dealkylation sites (N-methyl/N-ethyl adjacent to an activating group) is 1. The van der Waals surface area contributed by atoms with Crippen molar-refractivity contribution in [2.75, 3.05) is 14.1 Å². The van der Waals surface area contributed by atoms with Crippen molar-refractivity contribution in [2.24, 2.45) is 34.8 Å². The molecule has 319 valence electrons. The number of aliphatic hydroxyl groups excluding tert-OH is 2. The number of nitrogens with two attached hydrogens (primary N) is 1. The van der Waals surface area contributed by atoms with E-state index < -0.39 is 114 Å². The first-order valence-electron chi connectivity index (χ1n) is 19.7. The Morgan fingerprint density at radius 1 is 0.964 bits per heavy atom. The average molecular weight is 1010 g/mol. The number of esters is 1. The first-order chi connectivity index (χ1) is 25.4. The summed E-state index contributed by atoms with van der Waals surface area (Å²) >= 11 is 0. The van der Waals surface area contributed by atoms with E-state index in [-0.39, 0.29) is 81.3 Å². The summed E-state index contributed by atoms with van der Waals surface area (Å²) in [5, 5.41) is 25.3. The van der Waals surface area contributed by atoms with E-state index in [0.717, 1.165) is 0 Å². The number of primary amides is 1. The maximum atomic E-state index is 14.4. The number of cyclic esters (lactones) is 1. The van der Waals surface area contributed by atoms with Gasteiger partial charge in [0, 0.05) is 74.3 Å². The zero-order valence-corrected chi connectivity index (χ0v) is 40.2. The molecule has 17 atom stereocenters. The van der Waals surface area contributed by atoms with Crippen molar-refractivity contribution in [1.82, 2.24) is 10.2 Å². The van der Waals surface area contributed by atoms with Crippen molar-refractivity contribution >= 4 is 23.9 Å². The van der Waals surface area contributed by atoms with Crippen LogP contribution in [-0.4, -0.2) is 132 Å². The molecular weight excluding hydrogens is 945 g/mol. The van der Waals surface area contributed by atoms with E-state index in [0.29, 0.717) is 6.42 Å². The number of aliphatic hydroxyl groups is 2. The van der Waals surface area contributed by atoms with Crippen LogP contribution in [0.3, 0.4) is 0 Å². The molecule has 4 saturated heterocycles. The summed E-state index contributed by atoms with van der Waals surface area (Å²) in [7, 11) is 3.68. The molecule has 0 saturated carbocycles. The molecule has 16 nitrogen and oxygen atoms in total. The largest absolute Gasteiger partial charge is 0.458 e. The summed E-state index contributed by atoms with van der Waals surface area (Å²) in [5.41, 5.74) is 2.02. The molecule has 2 amide bonds. The van der Waals surface area contributed by atoms with Crippen molar-refractivity contribution in [2.45, 2.75) is 180 Å². The number of carbonyl (C=O) groups excluding carboxylic acids is 4. The van der Waals surface area contributed by atoms with Crippen molar-refractivity contribution in [3.05, 3.63) is 0 Å². The van der Waals surface area contributed by atoms with Gasteiger partial charge in [-0.05, 0) is 73.4 Å². The van der Waals surface area contributed by atoms with Gasteiger partial charge in [0.2, 0.25) is 0 Å². The van der Waals surface area contributed by atoms with E-state index in [9.17, 15) is 29.4 Å². The fraction of sp³-hybridized carbons (Fsp3) is 0.897. The Hall–Kier alpha value is -1.16. The van der Waals surface area contributed by atoms with E-state index in [1.165, 1.54) is 0 Å². The Bertz CT molecular complexity index is 1410. The minimum absolute atomic E-state index is 0. The first kappa shape index (κ1) is 49.2. The van der Waals surface area contributed by atoms with Crippen LogP contribution in [0.5, 0.6) is 0 Å². The van der Waals surface area contributed by atoms with Gasteiger partial charge in [-0.25, -0.2) is 9.59 Å². The van der Waals surface area contributed by atoms with Crippen LogP contribution in [0.2, 0.25) is 0 Å². The van der Waals surface area contributed by atoms with Gasteiger partial charge in [-0.3, -0.25) is 9.59 Å². The Morgan fingerprint density at radius 2 is 1.59 bits per heavy atom. The number of nitrogens with one attached hydrogen (secondary N) is 1. The smallest absolute Gasteiger partial charge is 0.408 e. The topological polar surface area (TPSA) is 215 Å². The molecule has 17 heteroatoms. The summed E-state index contributed by atoms with van der Waals surface area (Å²) in [6.07, 6.45) is -9.26. The normalized spacial score (nSPS) is 45.0. The molecule has 0 aromatic heterocycles. The van der Waals surface area contributed by atoms with E-state index in [4.69, 9.17) is 38.9 Å². The molecule has 4 aliphatic heterocycles. The third kappa shape index (κ3) is 10.4. The summed E-state index contributed by atoms with van der Waals surface area (Å²) in [6.45, 7) is 19.2. The first-order valence-corrected chi connectivity index (χ1v) is 19.7. The number of fused-ring (bicyclic) bond motifs is 1. The van der Waals surface area contributed by atoms with Crippen molar-refractivity contribution in [3.63, 3.8) is 0 Å². The summed E-state index contributed by atoms with van der Waals surface area (Å²) in [6, 6.07) is -1.24. The molecule has 1 unspecified atom stereocenters. The molecule has 0 aromatic rings. The number of alkyl carbamates (subject to hydrolysis) is 1. The fourth-order valence-corrected chi connectivity index (χ4v) is 9.50. The standard InChI is InChI=1S/C39H67N3O13.Ac/c1-14-25-39(11)30(41-36(48)55-39)20(4)27(43)18(2)16-38(10,54-35(40)47)32(53-34-28(44)24(42(12)13)15-19(3)49-34)21(5)29(22(6)33(46)51-25)52-26-17-37(8,9)31(45)23(7)50-26;/h18-26,28-32,34,44-45H,14-17H2,1-13H3,(H2,40,47)(H,41,48);/t18-,19-,20?,21+,22-,23+,24+,25-,26+,28-,29+,30-,31+,32-,34+,38-,39-;/m1./s1. The van der Waals surface area contributed by atoms with Crippen LogP contribution in [0.15, 0.2) is 0 Å². The Kier molecular flexibility index (Phi) is 16.7. The maximum Gasteiger partial charge on any atom is 0.408 e. The number of hydrogen-bond acceptors (Lipinski definition) is 14. The molecule has 4 fully saturated rings. The number of rotatable bonds is 7. The van der Waals surface area contributed by atoms with Crippen LogP contribution < -0.4 is 11.1 Å². The number of hydrogen-bond donors (Lipinski definition) is 4. The number of nitrogens with zero attached hydrogens (tertiary/aromatic N) is 1. The molecule has 0 aliphatic carbocycles. The summed E-state index contributed by atoms with van der Waals surface area (Å²) in [5.74, 6) is -4.53. The van der Waals surface area contributed by atoms with Gasteiger partial charge in [0.05, 0.1) is 36.4 Å². The van der Waals surface area contributed by atoms with E-state index >= 15 is 0 Å². The number of Topliss-reactive ketones (excluding diaryl/α,β-unsaturated/α-hetero) is 1. The third-order valence-corrected chi connectivity index (χ3v) is 12.6. The summed E-state index contributed by atoms with van der Waals surface area (Å²) in [4.78, 5) is 56.3. The van der Waals surface area contributed by atoms with Gasteiger partial charge in [-0.2, -0.15) is 0 Å². The zero-order chi connectivity index (χ0) is 41.5. The Labute approximate surface area is 367 Å². The molecule has 56 heavy (non-hydrogen) atoms. The van der Waals surface area contributed by atoms with Crippen LogP contribution in [0.4, 0.5) is 9.59 Å². The minimum Gasteiger partial charge on any atom is -0.458 e. The second kappa shape index (κ2) is 19.0. The molecule has 5 N–H and O–H groups in total. The minimum atomic E-state index is -1.69. The SMILES string of the molecule is CC[C@H]1OC(=O)[C@H](C)[C@@H](O[C@H]2CC(C)(C)[C@@H](O)[C@H](C)O2)[C@H](C)[C@@H](O[C@@H]2O[C@H](C)C[C@H](N(C)C)[C@H]2O)[C@](C)(OC(N)=O)C[C@@H](C)C(=O)C(C)[C@H]2NC(=O)O[C@@]21C.[Ac]. The third-order valence-electron chi connectivity index (χ3n) is 12.6. The van der Waals surface area contributed by atoms with E-state index in [1.807, 2.05) is 39.8 Å². The van der Waals surface area contributed by atoms with Crippen LogP contribution >= 0.6 is 0 Å². The van der Waals surface area contributed by atoms with Gasteiger partial charge in [0.1, 0.15) is 29.7 Å². The van der Waals surface area contributed by atoms with E-state index in [1.54, 1.807) is 55.4 Å². The number of carbonyl (C=O) groups is 4. The molecular formula is C39H67AcN3O13. The monoisotopic (exact) mass is 1010 g/mol. The molecule has 1 radical (unpaired) electrons. The molecule has 4 heterocycles. The molecule has 4 aliphatic rings. The fourth-order valence-electron chi connectivity index (χ4n) is 9.50. The Morgan fingerprint density at radius 3 is 2.14 bits per heavy atom. The van der Waals surface area contributed by atoms with Crippen molar-refractivity contribution < 1.29 is 107 Å². The molecule has 4 rings (SSSR count).